The van der Waals surface area contributed by atoms with Crippen LogP contribution in [0.25, 0.3) is 11.5 Å². The van der Waals surface area contributed by atoms with Gasteiger partial charge in [-0.05, 0) is 29.7 Å². The molecule has 2 nitrogen and oxygen atoms in total. The van der Waals surface area contributed by atoms with Gasteiger partial charge in [-0.15, -0.1) is 0 Å². The van der Waals surface area contributed by atoms with Gasteiger partial charge in [-0.25, -0.2) is 0 Å². The van der Waals surface area contributed by atoms with Crippen molar-refractivity contribution in [2.24, 2.45) is 0 Å². The van der Waals surface area contributed by atoms with Crippen molar-refractivity contribution >= 4 is 47.8 Å². The van der Waals surface area contributed by atoms with Gasteiger partial charge in [0.1, 0.15) is 0 Å². The van der Waals surface area contributed by atoms with Crippen molar-refractivity contribution in [3.05, 3.63) is 81.6 Å². The van der Waals surface area contributed by atoms with Gasteiger partial charge >= 0.3 is 0 Å². The van der Waals surface area contributed by atoms with Crippen molar-refractivity contribution in [2.45, 2.75) is 13.3 Å². The highest BCUT2D eigenvalue weighted by Gasteiger charge is 2.12. The molecule has 0 amide bonds. The Kier molecular flexibility index (Phi) is 5.44. The van der Waals surface area contributed by atoms with Gasteiger partial charge in [-0.3, -0.25) is 4.98 Å². The Bertz CT molecular complexity index is 871. The van der Waals surface area contributed by atoms with Crippen LogP contribution in [0, 0.1) is 0 Å². The Morgan fingerprint density at radius 2 is 1.79 bits per heavy atom. The van der Waals surface area contributed by atoms with E-state index in [9.17, 15) is 0 Å². The van der Waals surface area contributed by atoms with E-state index >= 15 is 0 Å². The van der Waals surface area contributed by atoms with Crippen molar-refractivity contribution in [1.82, 2.24) is 9.97 Å². The molecule has 1 heterocycles. The van der Waals surface area contributed by atoms with Crippen LogP contribution in [0.4, 0.5) is 0 Å². The Morgan fingerprint density at radius 1 is 1.08 bits per heavy atom. The van der Waals surface area contributed by atoms with Crippen molar-refractivity contribution < 1.29 is 0 Å². The van der Waals surface area contributed by atoms with E-state index in [-0.39, 0.29) is 0 Å². The van der Waals surface area contributed by atoms with Gasteiger partial charge in [0.2, 0.25) is 7.28 Å². The van der Waals surface area contributed by atoms with Gasteiger partial charge in [0.25, 0.3) is 0 Å². The molecule has 0 bridgehead atoms. The molecule has 0 saturated heterocycles. The lowest BCUT2D eigenvalue weighted by molar-refractivity contribution is 1.07. The van der Waals surface area contributed by atoms with E-state index in [0.29, 0.717) is 7.28 Å². The molecule has 3 aromatic rings. The molecule has 0 unspecified atom stereocenters. The van der Waals surface area contributed by atoms with E-state index in [2.05, 4.69) is 23.0 Å². The van der Waals surface area contributed by atoms with Crippen LogP contribution in [0.1, 0.15) is 23.7 Å². The maximum atomic E-state index is 6.42. The van der Waals surface area contributed by atoms with Crippen LogP contribution >= 0.6 is 23.2 Å². The first-order valence-electron chi connectivity index (χ1n) is 7.90. The lowest BCUT2D eigenvalue weighted by atomic mass is 9.65. The molecule has 0 aliphatic heterocycles. The second-order valence-corrected chi connectivity index (χ2v) is 6.37. The molecule has 120 valence electrons. The number of hydrogen-bond acceptors (Lipinski definition) is 1. The van der Waals surface area contributed by atoms with Crippen LogP contribution in [-0.4, -0.2) is 17.2 Å². The summed E-state index contributed by atoms with van der Waals surface area (Å²) >= 11 is 12.7. The minimum Gasteiger partial charge on any atom is -0.354 e. The number of aromatic amines is 1. The molecule has 0 radical (unpaired) electrons. The van der Waals surface area contributed by atoms with Crippen LogP contribution in [0.15, 0.2) is 54.7 Å². The summed E-state index contributed by atoms with van der Waals surface area (Å²) in [6, 6.07) is 15.6. The molecular weight excluding hydrogens is 338 g/mol. The second kappa shape index (κ2) is 7.74. The molecule has 0 spiro atoms. The molecule has 0 fully saturated rings. The molecule has 0 atom stereocenters. The third-order valence-corrected chi connectivity index (χ3v) is 4.55. The van der Waals surface area contributed by atoms with E-state index in [4.69, 9.17) is 23.2 Å². The number of imidazole rings is 1. The van der Waals surface area contributed by atoms with E-state index in [1.807, 2.05) is 54.7 Å². The maximum absolute atomic E-state index is 6.42. The highest BCUT2D eigenvalue weighted by Crippen LogP contribution is 2.27. The summed E-state index contributed by atoms with van der Waals surface area (Å²) in [6.07, 6.45) is 4.90. The summed E-state index contributed by atoms with van der Waals surface area (Å²) in [7, 11) is 0.662. The number of aromatic nitrogens is 2. The highest BCUT2D eigenvalue weighted by molar-refractivity contribution is 6.73. The van der Waals surface area contributed by atoms with Gasteiger partial charge < -0.3 is 4.98 Å². The second-order valence-electron chi connectivity index (χ2n) is 5.56. The van der Waals surface area contributed by atoms with Gasteiger partial charge in [0.05, 0.1) is 5.72 Å². The van der Waals surface area contributed by atoms with Crippen molar-refractivity contribution in [2.75, 3.05) is 0 Å². The largest absolute Gasteiger partial charge is 0.354 e. The molecule has 1 N–H and O–H groups in total. The first kappa shape index (κ1) is 16.9. The van der Waals surface area contributed by atoms with Gasteiger partial charge in [0.15, 0.2) is 0 Å². The predicted octanol–water partition coefficient (Wildman–Crippen LogP) is 4.54. The van der Waals surface area contributed by atoms with Crippen molar-refractivity contribution in [1.29, 1.82) is 0 Å². The summed E-state index contributed by atoms with van der Waals surface area (Å²) in [5, 5.41) is 1.44. The fraction of sp³-hybridized carbons (Fsp3) is 0.105. The lowest BCUT2D eigenvalue weighted by Crippen LogP contribution is -2.20. The number of H-pyrrole nitrogens is 1. The lowest BCUT2D eigenvalue weighted by Gasteiger charge is -2.09. The minimum atomic E-state index is 0.662. The maximum Gasteiger partial charge on any atom is 0.238 e. The van der Waals surface area contributed by atoms with E-state index in [1.54, 1.807) is 0 Å². The number of rotatable bonds is 5. The number of nitrogens with zero attached hydrogens (tertiary/aromatic N) is 1. The molecule has 1 aromatic heterocycles. The first-order chi connectivity index (χ1) is 11.7. The zero-order valence-electron chi connectivity index (χ0n) is 13.4. The van der Waals surface area contributed by atoms with Gasteiger partial charge in [-0.2, -0.15) is 0 Å². The molecule has 24 heavy (non-hydrogen) atoms. The zero-order valence-corrected chi connectivity index (χ0v) is 14.9. The zero-order chi connectivity index (χ0) is 16.9. The highest BCUT2D eigenvalue weighted by atomic mass is 35.5. The first-order valence-corrected chi connectivity index (χ1v) is 8.65. The predicted molar refractivity (Wildman–Crippen MR) is 106 cm³/mol. The average Bonchev–Trinajstić information content (AvgIpc) is 3.04. The number of hydrogen-bond donors (Lipinski definition) is 1. The Balaban J connectivity index is 2.04. The molecular formula is C19H17BCl2N2. The fourth-order valence-electron chi connectivity index (χ4n) is 2.58. The number of aryl methyl sites for hydroxylation is 1. The number of nitrogens with one attached hydrogen (secondary N) is 1. The molecule has 0 aliphatic rings. The SMILES string of the molecule is CCc1cnc(BC(=Cc2ccccc2Cl)c2ccccc2Cl)[nH]1. The molecule has 3 rings (SSSR count). The number of halogens is 2. The van der Waals surface area contributed by atoms with Crippen LogP contribution in [0.2, 0.25) is 10.0 Å². The van der Waals surface area contributed by atoms with Crippen LogP contribution in [-0.2, 0) is 6.42 Å². The van der Waals surface area contributed by atoms with E-state index in [1.165, 1.54) is 0 Å². The molecule has 2 aromatic carbocycles. The van der Waals surface area contributed by atoms with Crippen LogP contribution < -0.4 is 5.72 Å². The van der Waals surface area contributed by atoms with Crippen LogP contribution in [0.5, 0.6) is 0 Å². The monoisotopic (exact) mass is 354 g/mol. The summed E-state index contributed by atoms with van der Waals surface area (Å²) in [5.74, 6) is 0. The van der Waals surface area contributed by atoms with E-state index < -0.39 is 0 Å². The van der Waals surface area contributed by atoms with Crippen molar-refractivity contribution in [3.63, 3.8) is 0 Å². The van der Waals surface area contributed by atoms with Crippen molar-refractivity contribution in [3.8, 4) is 0 Å². The summed E-state index contributed by atoms with van der Waals surface area (Å²) in [5.41, 5.74) is 5.09. The normalized spacial score (nSPS) is 11.5. The molecule has 5 heteroatoms. The van der Waals surface area contributed by atoms with E-state index in [0.717, 1.165) is 44.5 Å². The van der Waals surface area contributed by atoms with Gasteiger partial charge in [-0.1, -0.05) is 78.1 Å². The third kappa shape index (κ3) is 3.92. The fourth-order valence-corrected chi connectivity index (χ4v) is 3.03. The molecule has 0 saturated carbocycles. The average molecular weight is 355 g/mol. The quantitative estimate of drug-likeness (QED) is 0.528. The topological polar surface area (TPSA) is 28.7 Å². The Hall–Kier alpha value is -1.97. The summed E-state index contributed by atoms with van der Waals surface area (Å²) in [4.78, 5) is 7.83. The Labute approximate surface area is 152 Å². The summed E-state index contributed by atoms with van der Waals surface area (Å²) < 4.78 is 0. The van der Waals surface area contributed by atoms with Crippen LogP contribution in [0.3, 0.4) is 0 Å². The van der Waals surface area contributed by atoms with Gasteiger partial charge in [0, 0.05) is 21.9 Å². The Morgan fingerprint density at radius 3 is 2.46 bits per heavy atom. The minimum absolute atomic E-state index is 0.662. The third-order valence-electron chi connectivity index (χ3n) is 3.87. The number of benzene rings is 2. The smallest absolute Gasteiger partial charge is 0.238 e. The summed E-state index contributed by atoms with van der Waals surface area (Å²) in [6.45, 7) is 2.10. The molecule has 0 aliphatic carbocycles. The standard InChI is InChI=1S/C19H17BCl2N2/c1-2-14-12-23-19(24-14)20-16(15-8-4-6-10-18(15)22)11-13-7-3-5-9-17(13)21/h3-12,20H,2H2,1H3,(H,23,24).